The molecule has 0 bridgehead atoms. The number of hydrogen-bond donors (Lipinski definition) is 3. The molecule has 1 aliphatic carbocycles. The lowest BCUT2D eigenvalue weighted by Gasteiger charge is -2.25. The lowest BCUT2D eigenvalue weighted by atomic mass is 9.87. The van der Waals surface area contributed by atoms with Crippen molar-refractivity contribution < 1.29 is 14.7 Å². The smallest absolute Gasteiger partial charge is 0.251 e. The fourth-order valence-corrected chi connectivity index (χ4v) is 2.85. The van der Waals surface area contributed by atoms with E-state index < -0.39 is 0 Å². The van der Waals surface area contributed by atoms with Crippen molar-refractivity contribution >= 4 is 23.4 Å². The molecule has 2 atom stereocenters. The second-order valence-electron chi connectivity index (χ2n) is 5.68. The Morgan fingerprint density at radius 2 is 2.09 bits per heavy atom. The molecule has 22 heavy (non-hydrogen) atoms. The average Bonchev–Trinajstić information content (AvgIpc) is 2.50. The van der Waals surface area contributed by atoms with E-state index in [9.17, 15) is 14.7 Å². The van der Waals surface area contributed by atoms with E-state index in [-0.39, 0.29) is 24.5 Å². The Bertz CT molecular complexity index is 536. The molecule has 0 aliphatic heterocycles. The number of hydrogen-bond acceptors (Lipinski definition) is 3. The number of rotatable bonds is 5. The number of aliphatic hydroxyl groups is 1. The SMILES string of the molecule is O=C(CNC(=O)c1cccc(Cl)c1)NCC1CCCC(O)C1. The third-order valence-corrected chi connectivity index (χ3v) is 4.07. The van der Waals surface area contributed by atoms with Gasteiger partial charge >= 0.3 is 0 Å². The van der Waals surface area contributed by atoms with Gasteiger partial charge in [-0.2, -0.15) is 0 Å². The second-order valence-corrected chi connectivity index (χ2v) is 6.12. The van der Waals surface area contributed by atoms with Crippen molar-refractivity contribution in [2.24, 2.45) is 5.92 Å². The highest BCUT2D eigenvalue weighted by Crippen LogP contribution is 2.23. The summed E-state index contributed by atoms with van der Waals surface area (Å²) in [6.07, 6.45) is 3.34. The first-order valence-electron chi connectivity index (χ1n) is 7.53. The van der Waals surface area contributed by atoms with Crippen LogP contribution >= 0.6 is 11.6 Å². The van der Waals surface area contributed by atoms with Crippen LogP contribution in [-0.4, -0.2) is 36.1 Å². The Hall–Kier alpha value is -1.59. The van der Waals surface area contributed by atoms with Crippen LogP contribution in [0.3, 0.4) is 0 Å². The summed E-state index contributed by atoms with van der Waals surface area (Å²) < 4.78 is 0. The maximum atomic E-state index is 11.9. The van der Waals surface area contributed by atoms with Gasteiger partial charge in [0.1, 0.15) is 0 Å². The van der Waals surface area contributed by atoms with E-state index in [4.69, 9.17) is 11.6 Å². The summed E-state index contributed by atoms with van der Waals surface area (Å²) in [6, 6.07) is 6.57. The minimum atomic E-state index is -0.328. The lowest BCUT2D eigenvalue weighted by Crippen LogP contribution is -2.39. The minimum Gasteiger partial charge on any atom is -0.393 e. The molecule has 0 radical (unpaired) electrons. The van der Waals surface area contributed by atoms with Crippen LogP contribution in [0.2, 0.25) is 5.02 Å². The van der Waals surface area contributed by atoms with E-state index in [0.29, 0.717) is 23.0 Å². The molecule has 5 nitrogen and oxygen atoms in total. The van der Waals surface area contributed by atoms with Crippen LogP contribution in [0.1, 0.15) is 36.0 Å². The number of halogens is 1. The van der Waals surface area contributed by atoms with Crippen molar-refractivity contribution in [3.05, 3.63) is 34.9 Å². The lowest BCUT2D eigenvalue weighted by molar-refractivity contribution is -0.120. The molecule has 2 amide bonds. The van der Waals surface area contributed by atoms with Gasteiger partial charge in [-0.05, 0) is 43.4 Å². The highest BCUT2D eigenvalue weighted by molar-refractivity contribution is 6.30. The van der Waals surface area contributed by atoms with E-state index >= 15 is 0 Å². The number of amides is 2. The van der Waals surface area contributed by atoms with Crippen molar-refractivity contribution in [1.82, 2.24) is 10.6 Å². The number of carbonyl (C=O) groups is 2. The van der Waals surface area contributed by atoms with Crippen LogP contribution in [-0.2, 0) is 4.79 Å². The van der Waals surface area contributed by atoms with Gasteiger partial charge in [-0.25, -0.2) is 0 Å². The normalized spacial score (nSPS) is 21.2. The molecule has 6 heteroatoms. The Kier molecular flexibility index (Phi) is 6.21. The summed E-state index contributed by atoms with van der Waals surface area (Å²) in [7, 11) is 0. The maximum Gasteiger partial charge on any atom is 0.251 e. The molecule has 0 saturated heterocycles. The molecule has 1 fully saturated rings. The van der Waals surface area contributed by atoms with Gasteiger partial charge in [0, 0.05) is 17.1 Å². The van der Waals surface area contributed by atoms with Crippen LogP contribution in [0.4, 0.5) is 0 Å². The quantitative estimate of drug-likeness (QED) is 0.772. The number of aliphatic hydroxyl groups excluding tert-OH is 1. The van der Waals surface area contributed by atoms with Gasteiger partial charge in [-0.1, -0.05) is 24.1 Å². The third kappa shape index (κ3) is 5.31. The van der Waals surface area contributed by atoms with Crippen molar-refractivity contribution in [3.8, 4) is 0 Å². The highest BCUT2D eigenvalue weighted by Gasteiger charge is 2.20. The summed E-state index contributed by atoms with van der Waals surface area (Å²) in [5, 5.41) is 15.4. The van der Waals surface area contributed by atoms with Crippen LogP contribution in [0.5, 0.6) is 0 Å². The fraction of sp³-hybridized carbons (Fsp3) is 0.500. The summed E-state index contributed by atoms with van der Waals surface area (Å²) in [5.74, 6) is -0.238. The highest BCUT2D eigenvalue weighted by atomic mass is 35.5. The minimum absolute atomic E-state index is 0.0688. The van der Waals surface area contributed by atoms with Crippen LogP contribution in [0.15, 0.2) is 24.3 Å². The molecular weight excluding hydrogens is 304 g/mol. The standard InChI is InChI=1S/C16H21ClN2O3/c17-13-5-2-4-12(8-13)16(22)19-10-15(21)18-9-11-3-1-6-14(20)7-11/h2,4-5,8,11,14,20H,1,3,6-7,9-10H2,(H,18,21)(H,19,22). The largest absolute Gasteiger partial charge is 0.393 e. The molecule has 2 rings (SSSR count). The molecule has 1 saturated carbocycles. The van der Waals surface area contributed by atoms with E-state index in [1.807, 2.05) is 0 Å². The summed E-state index contributed by atoms with van der Waals surface area (Å²) in [6.45, 7) is 0.476. The van der Waals surface area contributed by atoms with E-state index in [2.05, 4.69) is 10.6 Å². The monoisotopic (exact) mass is 324 g/mol. The van der Waals surface area contributed by atoms with Crippen LogP contribution in [0.25, 0.3) is 0 Å². The molecule has 2 unspecified atom stereocenters. The Labute approximate surface area is 135 Å². The molecular formula is C16H21ClN2O3. The van der Waals surface area contributed by atoms with Gasteiger partial charge in [0.25, 0.3) is 5.91 Å². The van der Waals surface area contributed by atoms with Gasteiger partial charge in [0.05, 0.1) is 12.6 Å². The van der Waals surface area contributed by atoms with Crippen LogP contribution in [0, 0.1) is 5.92 Å². The maximum absolute atomic E-state index is 11.9. The molecule has 0 aromatic heterocycles. The Balaban J connectivity index is 1.70. The van der Waals surface area contributed by atoms with Crippen molar-refractivity contribution in [1.29, 1.82) is 0 Å². The van der Waals surface area contributed by atoms with E-state index in [0.717, 1.165) is 25.7 Å². The second kappa shape index (κ2) is 8.15. The van der Waals surface area contributed by atoms with Gasteiger partial charge in [-0.15, -0.1) is 0 Å². The summed E-state index contributed by atoms with van der Waals surface area (Å²) in [4.78, 5) is 23.6. The first-order valence-corrected chi connectivity index (χ1v) is 7.91. The topological polar surface area (TPSA) is 78.4 Å². The van der Waals surface area contributed by atoms with Crippen molar-refractivity contribution in [2.45, 2.75) is 31.8 Å². The summed E-state index contributed by atoms with van der Waals surface area (Å²) >= 11 is 5.82. The molecule has 120 valence electrons. The van der Waals surface area contributed by atoms with E-state index in [1.165, 1.54) is 0 Å². The van der Waals surface area contributed by atoms with Crippen molar-refractivity contribution in [2.75, 3.05) is 13.1 Å². The van der Waals surface area contributed by atoms with Crippen molar-refractivity contribution in [3.63, 3.8) is 0 Å². The van der Waals surface area contributed by atoms with Gasteiger partial charge < -0.3 is 15.7 Å². The first kappa shape index (κ1) is 16.8. The Morgan fingerprint density at radius 1 is 1.27 bits per heavy atom. The Morgan fingerprint density at radius 3 is 2.82 bits per heavy atom. The number of nitrogens with one attached hydrogen (secondary N) is 2. The molecule has 0 spiro atoms. The van der Waals surface area contributed by atoms with E-state index in [1.54, 1.807) is 24.3 Å². The number of benzene rings is 1. The van der Waals surface area contributed by atoms with Crippen LogP contribution < -0.4 is 10.6 Å². The predicted octanol–water partition coefficient (Wildman–Crippen LogP) is 1.74. The average molecular weight is 325 g/mol. The fourth-order valence-electron chi connectivity index (χ4n) is 2.66. The number of carbonyl (C=O) groups excluding carboxylic acids is 2. The zero-order chi connectivity index (χ0) is 15.9. The summed E-state index contributed by atoms with van der Waals surface area (Å²) in [5.41, 5.74) is 0.427. The third-order valence-electron chi connectivity index (χ3n) is 3.84. The first-order chi connectivity index (χ1) is 10.5. The molecule has 0 heterocycles. The van der Waals surface area contributed by atoms with Gasteiger partial charge in [0.2, 0.25) is 5.91 Å². The van der Waals surface area contributed by atoms with Gasteiger partial charge in [-0.3, -0.25) is 9.59 Å². The molecule has 1 aromatic carbocycles. The predicted molar refractivity (Wildman–Crippen MR) is 84.8 cm³/mol. The molecule has 1 aliphatic rings. The molecule has 3 N–H and O–H groups in total. The molecule has 1 aromatic rings. The van der Waals surface area contributed by atoms with Gasteiger partial charge in [0.15, 0.2) is 0 Å². The zero-order valence-electron chi connectivity index (χ0n) is 12.3. The zero-order valence-corrected chi connectivity index (χ0v) is 13.1.